The average molecular weight is 227 g/mol. The Morgan fingerprint density at radius 2 is 1.44 bits per heavy atom. The highest BCUT2D eigenvalue weighted by Crippen LogP contribution is 2.13. The third-order valence-corrected chi connectivity index (χ3v) is 3.51. The van der Waals surface area contributed by atoms with Crippen LogP contribution in [0.15, 0.2) is 0 Å². The molecule has 0 aromatic rings. The number of hydrogen-bond acceptors (Lipinski definition) is 1. The van der Waals surface area contributed by atoms with Gasteiger partial charge in [0, 0.05) is 6.04 Å². The molecule has 1 N–H and O–H groups in total. The second kappa shape index (κ2) is 11.4. The first kappa shape index (κ1) is 16.0. The van der Waals surface area contributed by atoms with Crippen LogP contribution in [-0.4, -0.2) is 12.6 Å². The maximum absolute atomic E-state index is 3.78. The fraction of sp³-hybridized carbons (Fsp3) is 1.00. The van der Waals surface area contributed by atoms with Gasteiger partial charge in [0.1, 0.15) is 0 Å². The molecule has 0 aliphatic carbocycles. The molecule has 0 bridgehead atoms. The van der Waals surface area contributed by atoms with Gasteiger partial charge in [0.2, 0.25) is 0 Å². The zero-order valence-electron chi connectivity index (χ0n) is 12.0. The second-order valence-corrected chi connectivity index (χ2v) is 5.10. The van der Waals surface area contributed by atoms with Crippen molar-refractivity contribution in [3.05, 3.63) is 0 Å². The van der Waals surface area contributed by atoms with Gasteiger partial charge in [-0.05, 0) is 31.7 Å². The largest absolute Gasteiger partial charge is 0.314 e. The van der Waals surface area contributed by atoms with Gasteiger partial charge in [-0.25, -0.2) is 0 Å². The molecule has 0 aromatic heterocycles. The number of nitrogens with one attached hydrogen (secondary N) is 1. The zero-order chi connectivity index (χ0) is 12.2. The minimum absolute atomic E-state index is 0.769. The van der Waals surface area contributed by atoms with Gasteiger partial charge in [0.25, 0.3) is 0 Å². The van der Waals surface area contributed by atoms with Crippen LogP contribution in [0.1, 0.15) is 79.1 Å². The average Bonchev–Trinajstić information content (AvgIpc) is 2.30. The highest BCUT2D eigenvalue weighted by Gasteiger charge is 2.10. The van der Waals surface area contributed by atoms with E-state index < -0.39 is 0 Å². The van der Waals surface area contributed by atoms with E-state index in [9.17, 15) is 0 Å². The molecule has 0 aliphatic rings. The summed E-state index contributed by atoms with van der Waals surface area (Å²) in [4.78, 5) is 0. The highest BCUT2D eigenvalue weighted by atomic mass is 14.9. The number of hydrogen-bond donors (Lipinski definition) is 1. The van der Waals surface area contributed by atoms with E-state index >= 15 is 0 Å². The predicted molar refractivity (Wildman–Crippen MR) is 74.9 cm³/mol. The summed E-state index contributed by atoms with van der Waals surface area (Å²) in [5, 5.41) is 3.78. The van der Waals surface area contributed by atoms with Crippen LogP contribution in [0.3, 0.4) is 0 Å². The Bertz CT molecular complexity index is 127. The molecule has 1 unspecified atom stereocenters. The van der Waals surface area contributed by atoms with E-state index in [0.29, 0.717) is 0 Å². The van der Waals surface area contributed by atoms with Gasteiger partial charge in [-0.2, -0.15) is 0 Å². The molecule has 98 valence electrons. The minimum Gasteiger partial charge on any atom is -0.314 e. The molecule has 0 saturated heterocycles. The lowest BCUT2D eigenvalue weighted by Crippen LogP contribution is -2.33. The van der Waals surface area contributed by atoms with Gasteiger partial charge in [-0.3, -0.25) is 0 Å². The number of rotatable bonds is 11. The Morgan fingerprint density at radius 3 is 1.88 bits per heavy atom. The molecule has 1 nitrogen and oxygen atoms in total. The van der Waals surface area contributed by atoms with Gasteiger partial charge in [-0.15, -0.1) is 0 Å². The zero-order valence-corrected chi connectivity index (χ0v) is 12.0. The van der Waals surface area contributed by atoms with Crippen molar-refractivity contribution < 1.29 is 0 Å². The third kappa shape index (κ3) is 8.15. The molecule has 0 aromatic carbocycles. The van der Waals surface area contributed by atoms with Gasteiger partial charge in [0.15, 0.2) is 0 Å². The molecule has 1 atom stereocenters. The molecular weight excluding hydrogens is 194 g/mol. The van der Waals surface area contributed by atoms with Crippen molar-refractivity contribution in [1.29, 1.82) is 0 Å². The molecule has 0 rings (SSSR count). The number of unbranched alkanes of at least 4 members (excludes halogenated alkanes) is 1. The van der Waals surface area contributed by atoms with E-state index in [0.717, 1.165) is 12.0 Å². The van der Waals surface area contributed by atoms with Crippen LogP contribution in [0, 0.1) is 5.92 Å². The van der Waals surface area contributed by atoms with Crippen molar-refractivity contribution in [1.82, 2.24) is 5.32 Å². The fourth-order valence-corrected chi connectivity index (χ4v) is 2.32. The van der Waals surface area contributed by atoms with E-state index in [2.05, 4.69) is 33.0 Å². The summed E-state index contributed by atoms with van der Waals surface area (Å²) in [5.41, 5.74) is 0. The molecule has 0 amide bonds. The molecule has 1 heteroatoms. The Kier molecular flexibility index (Phi) is 11.4. The maximum atomic E-state index is 3.78. The fourth-order valence-electron chi connectivity index (χ4n) is 2.32. The van der Waals surface area contributed by atoms with Gasteiger partial charge < -0.3 is 5.32 Å². The Balaban J connectivity index is 3.76. The normalized spacial score (nSPS) is 13.3. The summed E-state index contributed by atoms with van der Waals surface area (Å²) < 4.78 is 0. The van der Waals surface area contributed by atoms with Gasteiger partial charge in [0.05, 0.1) is 0 Å². The standard InChI is InChI=1S/C15H33N/c1-5-9-12-14(8-4)13-16-15(10-6-2)11-7-3/h14-16H,5-13H2,1-4H3. The van der Waals surface area contributed by atoms with Crippen LogP contribution >= 0.6 is 0 Å². The highest BCUT2D eigenvalue weighted by molar-refractivity contribution is 4.69. The van der Waals surface area contributed by atoms with Crippen molar-refractivity contribution in [2.24, 2.45) is 5.92 Å². The summed E-state index contributed by atoms with van der Waals surface area (Å²) in [6.45, 7) is 10.4. The van der Waals surface area contributed by atoms with E-state index in [-0.39, 0.29) is 0 Å². The quantitative estimate of drug-likeness (QED) is 0.536. The van der Waals surface area contributed by atoms with Gasteiger partial charge >= 0.3 is 0 Å². The van der Waals surface area contributed by atoms with Crippen LogP contribution in [0.5, 0.6) is 0 Å². The van der Waals surface area contributed by atoms with Crippen molar-refractivity contribution in [3.63, 3.8) is 0 Å². The van der Waals surface area contributed by atoms with Crippen LogP contribution in [0.2, 0.25) is 0 Å². The molecule has 0 spiro atoms. The monoisotopic (exact) mass is 227 g/mol. The molecule has 0 heterocycles. The Morgan fingerprint density at radius 1 is 0.812 bits per heavy atom. The van der Waals surface area contributed by atoms with Crippen LogP contribution < -0.4 is 5.32 Å². The first-order valence-corrected chi connectivity index (χ1v) is 7.51. The van der Waals surface area contributed by atoms with Crippen LogP contribution in [-0.2, 0) is 0 Å². The minimum atomic E-state index is 0.769. The molecule has 0 radical (unpaired) electrons. The Labute approximate surface area is 103 Å². The summed E-state index contributed by atoms with van der Waals surface area (Å²) in [5.74, 6) is 0.899. The van der Waals surface area contributed by atoms with Crippen molar-refractivity contribution >= 4 is 0 Å². The van der Waals surface area contributed by atoms with E-state index in [1.807, 2.05) is 0 Å². The third-order valence-electron chi connectivity index (χ3n) is 3.51. The Hall–Kier alpha value is -0.0400. The summed E-state index contributed by atoms with van der Waals surface area (Å²) in [7, 11) is 0. The summed E-state index contributed by atoms with van der Waals surface area (Å²) in [6, 6.07) is 0.769. The first-order chi connectivity index (χ1) is 7.78. The molecule has 0 fully saturated rings. The lowest BCUT2D eigenvalue weighted by molar-refractivity contribution is 0.364. The summed E-state index contributed by atoms with van der Waals surface area (Å²) >= 11 is 0. The lowest BCUT2D eigenvalue weighted by Gasteiger charge is -2.21. The van der Waals surface area contributed by atoms with Crippen molar-refractivity contribution in [2.45, 2.75) is 85.1 Å². The topological polar surface area (TPSA) is 12.0 Å². The van der Waals surface area contributed by atoms with Crippen molar-refractivity contribution in [2.75, 3.05) is 6.54 Å². The molecule has 16 heavy (non-hydrogen) atoms. The maximum Gasteiger partial charge on any atom is 0.00669 e. The molecule has 0 saturated carbocycles. The molecule has 0 aliphatic heterocycles. The van der Waals surface area contributed by atoms with E-state index in [4.69, 9.17) is 0 Å². The predicted octanol–water partition coefficient (Wildman–Crippen LogP) is 4.76. The smallest absolute Gasteiger partial charge is 0.00669 e. The second-order valence-electron chi connectivity index (χ2n) is 5.10. The molecular formula is C15H33N. The SMILES string of the molecule is CCCCC(CC)CNC(CCC)CCC. The van der Waals surface area contributed by atoms with Crippen LogP contribution in [0.25, 0.3) is 0 Å². The van der Waals surface area contributed by atoms with E-state index in [1.54, 1.807) is 0 Å². The van der Waals surface area contributed by atoms with Crippen molar-refractivity contribution in [3.8, 4) is 0 Å². The summed E-state index contributed by atoms with van der Waals surface area (Å²) in [6.07, 6.45) is 10.8. The van der Waals surface area contributed by atoms with Crippen LogP contribution in [0.4, 0.5) is 0 Å². The van der Waals surface area contributed by atoms with E-state index in [1.165, 1.54) is 57.9 Å². The lowest BCUT2D eigenvalue weighted by atomic mass is 9.98. The first-order valence-electron chi connectivity index (χ1n) is 7.51. The van der Waals surface area contributed by atoms with Gasteiger partial charge in [-0.1, -0.05) is 59.8 Å².